The number of rotatable bonds is 4. The summed E-state index contributed by atoms with van der Waals surface area (Å²) in [5, 5.41) is 0. The molecule has 0 N–H and O–H groups in total. The average molecular weight is 314 g/mol. The molecule has 0 radical (unpaired) electrons. The molecule has 0 saturated heterocycles. The van der Waals surface area contributed by atoms with Crippen molar-refractivity contribution in [1.29, 1.82) is 0 Å². The summed E-state index contributed by atoms with van der Waals surface area (Å²) in [6, 6.07) is 8.71. The van der Waals surface area contributed by atoms with Gasteiger partial charge in [0.15, 0.2) is 5.78 Å². The lowest BCUT2D eigenvalue weighted by molar-refractivity contribution is -0.172. The minimum absolute atomic E-state index is 0.119. The van der Waals surface area contributed by atoms with Crippen molar-refractivity contribution in [1.82, 2.24) is 0 Å². The van der Waals surface area contributed by atoms with Gasteiger partial charge in [-0.15, -0.1) is 0 Å². The van der Waals surface area contributed by atoms with Crippen molar-refractivity contribution in [2.45, 2.75) is 31.6 Å². The molecule has 0 bridgehead atoms. The summed E-state index contributed by atoms with van der Waals surface area (Å²) in [6.45, 7) is 0. The lowest BCUT2D eigenvalue weighted by atomic mass is 9.79. The number of carbonyl (C=O) groups is 2. The number of carbonyl (C=O) groups excluding carboxylic acids is 2. The van der Waals surface area contributed by atoms with Gasteiger partial charge in [0.05, 0.1) is 5.92 Å². The first-order valence-corrected chi connectivity index (χ1v) is 6.84. The second kappa shape index (κ2) is 6.42. The van der Waals surface area contributed by atoms with E-state index in [1.54, 1.807) is 30.3 Å². The van der Waals surface area contributed by atoms with Crippen molar-refractivity contribution in [2.24, 2.45) is 5.92 Å². The van der Waals surface area contributed by atoms with E-state index in [1.807, 2.05) is 0 Å². The van der Waals surface area contributed by atoms with Crippen LogP contribution in [0, 0.1) is 5.92 Å². The molecule has 0 amide bonds. The molecule has 1 aliphatic rings. The fourth-order valence-electron chi connectivity index (χ4n) is 2.46. The van der Waals surface area contributed by atoms with Crippen LogP contribution in [0.15, 0.2) is 35.9 Å². The zero-order valence-corrected chi connectivity index (χ0v) is 11.6. The van der Waals surface area contributed by atoms with Crippen LogP contribution < -0.4 is 0 Å². The Kier molecular flexibility index (Phi) is 4.78. The molecule has 1 unspecified atom stereocenters. The number of Topliss-reactive ketones (excluding diaryl/α,β-unsaturated/α-hetero) is 2. The van der Waals surface area contributed by atoms with E-state index in [0.717, 1.165) is 0 Å². The Morgan fingerprint density at radius 3 is 2.45 bits per heavy atom. The van der Waals surface area contributed by atoms with Crippen LogP contribution in [0.2, 0.25) is 0 Å². The van der Waals surface area contributed by atoms with Gasteiger partial charge in [0.1, 0.15) is 0 Å². The Labute approximate surface area is 124 Å². The van der Waals surface area contributed by atoms with E-state index in [-0.39, 0.29) is 12.0 Å². The third-order valence-corrected chi connectivity index (χ3v) is 3.63. The molecular weight excluding hydrogens is 300 g/mol. The smallest absolute Gasteiger partial charge is 0.294 e. The topological polar surface area (TPSA) is 34.1 Å². The summed E-state index contributed by atoms with van der Waals surface area (Å²) in [4.78, 5) is 23.8. The Balaban J connectivity index is 2.24. The average Bonchev–Trinajstić information content (AvgIpc) is 2.49. The van der Waals surface area contributed by atoms with Crippen molar-refractivity contribution in [2.75, 3.05) is 0 Å². The first-order valence-electron chi connectivity index (χ1n) is 6.84. The fourth-order valence-corrected chi connectivity index (χ4v) is 2.46. The standard InChI is InChI=1S/C16H14F4O2/c17-15(18)16(19,20)14(22)12-8-4-7-11(13(12)21)9-10-5-2-1-3-6-10/h1-3,5-6,9,12,15H,4,7-8H2/b11-9+. The Hall–Kier alpha value is -1.98. The lowest BCUT2D eigenvalue weighted by Gasteiger charge is -2.25. The van der Waals surface area contributed by atoms with Crippen LogP contribution in [0.4, 0.5) is 17.6 Å². The molecule has 1 aliphatic carbocycles. The van der Waals surface area contributed by atoms with E-state index in [4.69, 9.17) is 0 Å². The highest BCUT2D eigenvalue weighted by atomic mass is 19.3. The van der Waals surface area contributed by atoms with E-state index >= 15 is 0 Å². The molecule has 0 aromatic heterocycles. The van der Waals surface area contributed by atoms with E-state index < -0.39 is 29.8 Å². The molecule has 1 aromatic rings. The molecule has 2 rings (SSSR count). The summed E-state index contributed by atoms with van der Waals surface area (Å²) < 4.78 is 50.9. The molecule has 1 fully saturated rings. The van der Waals surface area contributed by atoms with Crippen molar-refractivity contribution in [3.05, 3.63) is 41.5 Å². The molecule has 6 heteroatoms. The number of ketones is 2. The van der Waals surface area contributed by atoms with Crippen LogP contribution in [0.1, 0.15) is 24.8 Å². The van der Waals surface area contributed by atoms with Crippen LogP contribution in [0.25, 0.3) is 6.08 Å². The Morgan fingerprint density at radius 1 is 1.23 bits per heavy atom. The Bertz CT molecular complexity index is 593. The number of allylic oxidation sites excluding steroid dienone is 1. The van der Waals surface area contributed by atoms with E-state index in [9.17, 15) is 27.2 Å². The quantitative estimate of drug-likeness (QED) is 0.480. The van der Waals surface area contributed by atoms with Gasteiger partial charge in [-0.05, 0) is 36.5 Å². The van der Waals surface area contributed by atoms with Gasteiger partial charge in [-0.1, -0.05) is 30.3 Å². The van der Waals surface area contributed by atoms with Crippen LogP contribution in [-0.2, 0) is 9.59 Å². The maximum atomic E-state index is 13.2. The third-order valence-electron chi connectivity index (χ3n) is 3.63. The van der Waals surface area contributed by atoms with Gasteiger partial charge in [0.2, 0.25) is 5.78 Å². The monoisotopic (exact) mass is 314 g/mol. The zero-order chi connectivity index (χ0) is 16.3. The summed E-state index contributed by atoms with van der Waals surface area (Å²) in [5.74, 6) is -9.23. The maximum absolute atomic E-state index is 13.2. The fraction of sp³-hybridized carbons (Fsp3) is 0.375. The summed E-state index contributed by atoms with van der Waals surface area (Å²) in [7, 11) is 0. The molecular formula is C16H14F4O2. The molecule has 0 heterocycles. The van der Waals surface area contributed by atoms with Crippen molar-refractivity contribution in [3.8, 4) is 0 Å². The van der Waals surface area contributed by atoms with Crippen molar-refractivity contribution >= 4 is 17.6 Å². The van der Waals surface area contributed by atoms with Gasteiger partial charge in [-0.2, -0.15) is 8.78 Å². The Morgan fingerprint density at radius 2 is 1.86 bits per heavy atom. The van der Waals surface area contributed by atoms with E-state index in [1.165, 1.54) is 6.08 Å². The van der Waals surface area contributed by atoms with Gasteiger partial charge in [-0.25, -0.2) is 8.78 Å². The largest absolute Gasteiger partial charge is 0.365 e. The second-order valence-electron chi connectivity index (χ2n) is 5.18. The van der Waals surface area contributed by atoms with Crippen LogP contribution >= 0.6 is 0 Å². The van der Waals surface area contributed by atoms with Gasteiger partial charge in [0.25, 0.3) is 0 Å². The van der Waals surface area contributed by atoms with Crippen LogP contribution in [0.3, 0.4) is 0 Å². The summed E-state index contributed by atoms with van der Waals surface area (Å²) in [6.07, 6.45) is -2.02. The zero-order valence-electron chi connectivity index (χ0n) is 11.6. The summed E-state index contributed by atoms with van der Waals surface area (Å²) in [5.41, 5.74) is 0.917. The van der Waals surface area contributed by atoms with E-state index in [2.05, 4.69) is 0 Å². The normalized spacial score (nSPS) is 21.4. The second-order valence-corrected chi connectivity index (χ2v) is 5.18. The molecule has 0 aliphatic heterocycles. The van der Waals surface area contributed by atoms with E-state index in [0.29, 0.717) is 18.4 Å². The number of alkyl halides is 4. The van der Waals surface area contributed by atoms with Gasteiger partial charge >= 0.3 is 12.3 Å². The predicted molar refractivity (Wildman–Crippen MR) is 72.7 cm³/mol. The summed E-state index contributed by atoms with van der Waals surface area (Å²) >= 11 is 0. The first kappa shape index (κ1) is 16.4. The molecule has 1 aromatic carbocycles. The first-order chi connectivity index (χ1) is 10.3. The van der Waals surface area contributed by atoms with Gasteiger partial charge in [0, 0.05) is 0 Å². The molecule has 2 nitrogen and oxygen atoms in total. The maximum Gasteiger partial charge on any atom is 0.365 e. The highest BCUT2D eigenvalue weighted by molar-refractivity contribution is 6.14. The third kappa shape index (κ3) is 3.26. The van der Waals surface area contributed by atoms with Crippen molar-refractivity contribution < 1.29 is 27.2 Å². The SMILES string of the molecule is O=C1/C(=C/c2ccccc2)CCCC1C(=O)C(F)(F)C(F)F. The lowest BCUT2D eigenvalue weighted by Crippen LogP contribution is -2.44. The number of hydrogen-bond donors (Lipinski definition) is 0. The van der Waals surface area contributed by atoms with Crippen molar-refractivity contribution in [3.63, 3.8) is 0 Å². The van der Waals surface area contributed by atoms with Gasteiger partial charge in [-0.3, -0.25) is 9.59 Å². The highest BCUT2D eigenvalue weighted by Gasteiger charge is 2.53. The minimum atomic E-state index is -4.78. The number of benzene rings is 1. The molecule has 1 saturated carbocycles. The van der Waals surface area contributed by atoms with Gasteiger partial charge < -0.3 is 0 Å². The molecule has 1 atom stereocenters. The molecule has 22 heavy (non-hydrogen) atoms. The number of hydrogen-bond acceptors (Lipinski definition) is 2. The van der Waals surface area contributed by atoms with Crippen LogP contribution in [-0.4, -0.2) is 23.9 Å². The minimum Gasteiger partial charge on any atom is -0.294 e. The molecule has 0 spiro atoms. The molecule has 118 valence electrons. The number of halogens is 4. The highest BCUT2D eigenvalue weighted by Crippen LogP contribution is 2.34. The predicted octanol–water partition coefficient (Wildman–Crippen LogP) is 3.91. The van der Waals surface area contributed by atoms with Crippen LogP contribution in [0.5, 0.6) is 0 Å².